The number of para-hydroxylation sites is 2. The van der Waals surface area contributed by atoms with Gasteiger partial charge in [0.25, 0.3) is 5.91 Å². The van der Waals surface area contributed by atoms with E-state index < -0.39 is 0 Å². The molecule has 0 aliphatic heterocycles. The summed E-state index contributed by atoms with van der Waals surface area (Å²) in [7, 11) is 4.03. The van der Waals surface area contributed by atoms with Crippen LogP contribution in [0.3, 0.4) is 0 Å². The topological polar surface area (TPSA) is 99.5 Å². The van der Waals surface area contributed by atoms with Crippen molar-refractivity contribution in [2.24, 2.45) is 5.41 Å². The maximum Gasteiger partial charge on any atom is 0.315 e. The van der Waals surface area contributed by atoms with Crippen LogP contribution in [0.2, 0.25) is 0 Å². The number of anilines is 2. The molecule has 5 N–H and O–H groups in total. The Morgan fingerprint density at radius 2 is 1.66 bits per heavy atom. The second-order valence-corrected chi connectivity index (χ2v) is 8.18. The van der Waals surface area contributed by atoms with Crippen LogP contribution in [0.4, 0.5) is 16.2 Å². The number of amides is 3. The van der Waals surface area contributed by atoms with Crippen molar-refractivity contribution in [1.82, 2.24) is 15.5 Å². The summed E-state index contributed by atoms with van der Waals surface area (Å²) in [6, 6.07) is 14.0. The second kappa shape index (κ2) is 9.93. The van der Waals surface area contributed by atoms with Crippen molar-refractivity contribution in [2.45, 2.75) is 20.4 Å². The largest absolute Gasteiger partial charge is 0.397 e. The third-order valence-corrected chi connectivity index (χ3v) is 4.35. The zero-order chi connectivity index (χ0) is 21.4. The minimum absolute atomic E-state index is 0.0159. The van der Waals surface area contributed by atoms with Crippen molar-refractivity contribution in [3.8, 4) is 0 Å². The Balaban J connectivity index is 1.82. The Hall–Kier alpha value is -3.06. The molecule has 2 rings (SSSR count). The molecule has 7 nitrogen and oxygen atoms in total. The minimum atomic E-state index is -0.233. The summed E-state index contributed by atoms with van der Waals surface area (Å²) < 4.78 is 0. The fraction of sp³-hybridized carbons (Fsp3) is 0.364. The number of carbonyl (C=O) groups is 2. The smallest absolute Gasteiger partial charge is 0.315 e. The second-order valence-electron chi connectivity index (χ2n) is 8.18. The molecule has 0 aliphatic carbocycles. The maximum absolute atomic E-state index is 12.3. The lowest BCUT2D eigenvalue weighted by atomic mass is 9.93. The van der Waals surface area contributed by atoms with Gasteiger partial charge in [-0.2, -0.15) is 0 Å². The molecule has 29 heavy (non-hydrogen) atoms. The highest BCUT2D eigenvalue weighted by molar-refractivity contribution is 6.05. The van der Waals surface area contributed by atoms with Crippen molar-refractivity contribution >= 4 is 23.3 Å². The van der Waals surface area contributed by atoms with Crippen LogP contribution in [-0.4, -0.2) is 44.0 Å². The van der Waals surface area contributed by atoms with Crippen molar-refractivity contribution < 1.29 is 9.59 Å². The lowest BCUT2D eigenvalue weighted by Gasteiger charge is -2.28. The highest BCUT2D eigenvalue weighted by Gasteiger charge is 2.19. The average molecular weight is 398 g/mol. The first-order valence-electron chi connectivity index (χ1n) is 9.57. The number of urea groups is 1. The standard InChI is InChI=1S/C22H31N5O2/c1-22(2,15-27(3)4)14-25-21(29)24-13-16-9-11-17(12-10-16)20(28)26-19-8-6-5-7-18(19)23/h5-12H,13-15,23H2,1-4H3,(H,26,28)(H2,24,25,29). The summed E-state index contributed by atoms with van der Waals surface area (Å²) in [4.78, 5) is 26.5. The molecule has 0 bridgehead atoms. The molecule has 0 fully saturated rings. The molecule has 0 radical (unpaired) electrons. The van der Waals surface area contributed by atoms with Crippen LogP contribution in [0.5, 0.6) is 0 Å². The zero-order valence-corrected chi connectivity index (χ0v) is 17.6. The maximum atomic E-state index is 12.3. The van der Waals surface area contributed by atoms with Crippen LogP contribution in [-0.2, 0) is 6.54 Å². The van der Waals surface area contributed by atoms with E-state index in [0.29, 0.717) is 30.0 Å². The predicted molar refractivity (Wildman–Crippen MR) is 118 cm³/mol. The minimum Gasteiger partial charge on any atom is -0.397 e. The molecule has 0 unspecified atom stereocenters. The monoisotopic (exact) mass is 397 g/mol. The van der Waals surface area contributed by atoms with Crippen molar-refractivity contribution in [3.05, 3.63) is 59.7 Å². The van der Waals surface area contributed by atoms with Gasteiger partial charge in [0.05, 0.1) is 11.4 Å². The molecule has 0 aliphatic rings. The van der Waals surface area contributed by atoms with Gasteiger partial charge in [-0.1, -0.05) is 38.1 Å². The van der Waals surface area contributed by atoms with Crippen LogP contribution in [0.1, 0.15) is 29.8 Å². The zero-order valence-electron chi connectivity index (χ0n) is 17.6. The average Bonchev–Trinajstić information content (AvgIpc) is 2.66. The van der Waals surface area contributed by atoms with E-state index in [0.717, 1.165) is 12.1 Å². The number of nitrogens with zero attached hydrogens (tertiary/aromatic N) is 1. The Kier molecular flexibility index (Phi) is 7.61. The van der Waals surface area contributed by atoms with E-state index in [9.17, 15) is 9.59 Å². The summed E-state index contributed by atoms with van der Waals surface area (Å²) >= 11 is 0. The number of benzene rings is 2. The summed E-state index contributed by atoms with van der Waals surface area (Å²) in [5.41, 5.74) is 8.36. The molecule has 156 valence electrons. The third-order valence-electron chi connectivity index (χ3n) is 4.35. The van der Waals surface area contributed by atoms with E-state index in [1.807, 2.05) is 38.4 Å². The first-order chi connectivity index (χ1) is 13.7. The Morgan fingerprint density at radius 1 is 1.00 bits per heavy atom. The summed E-state index contributed by atoms with van der Waals surface area (Å²) in [6.07, 6.45) is 0. The number of hydrogen-bond donors (Lipinski definition) is 4. The number of carbonyl (C=O) groups excluding carboxylic acids is 2. The number of rotatable bonds is 8. The van der Waals surface area contributed by atoms with Gasteiger partial charge in [0.2, 0.25) is 0 Å². The normalized spacial score (nSPS) is 11.2. The van der Waals surface area contributed by atoms with E-state index >= 15 is 0 Å². The molecule has 0 aromatic heterocycles. The molecule has 0 saturated carbocycles. The van der Waals surface area contributed by atoms with E-state index in [1.54, 1.807) is 24.3 Å². The number of nitrogens with one attached hydrogen (secondary N) is 3. The van der Waals surface area contributed by atoms with Crippen LogP contribution in [0, 0.1) is 5.41 Å². The molecule has 0 atom stereocenters. The molecule has 0 saturated heterocycles. The molecular formula is C22H31N5O2. The van der Waals surface area contributed by atoms with E-state index in [4.69, 9.17) is 5.73 Å². The van der Waals surface area contributed by atoms with Crippen LogP contribution in [0.25, 0.3) is 0 Å². The van der Waals surface area contributed by atoms with Crippen LogP contribution in [0.15, 0.2) is 48.5 Å². The van der Waals surface area contributed by atoms with Gasteiger partial charge >= 0.3 is 6.03 Å². The van der Waals surface area contributed by atoms with Crippen molar-refractivity contribution in [3.63, 3.8) is 0 Å². The molecule has 2 aromatic rings. The fourth-order valence-corrected chi connectivity index (χ4v) is 3.06. The van der Waals surface area contributed by atoms with Crippen molar-refractivity contribution in [2.75, 3.05) is 38.2 Å². The quantitative estimate of drug-likeness (QED) is 0.515. The summed E-state index contributed by atoms with van der Waals surface area (Å²) in [5, 5.41) is 8.54. The predicted octanol–water partition coefficient (Wildman–Crippen LogP) is 2.91. The number of hydrogen-bond acceptors (Lipinski definition) is 4. The Labute approximate surface area is 172 Å². The SMILES string of the molecule is CN(C)CC(C)(C)CNC(=O)NCc1ccc(C(=O)Nc2ccccc2N)cc1. The van der Waals surface area contributed by atoms with Gasteiger partial charge in [-0.05, 0) is 49.3 Å². The molecular weight excluding hydrogens is 366 g/mol. The highest BCUT2D eigenvalue weighted by Crippen LogP contribution is 2.18. The summed E-state index contributed by atoms with van der Waals surface area (Å²) in [5.74, 6) is -0.233. The van der Waals surface area contributed by atoms with Gasteiger partial charge in [0.15, 0.2) is 0 Å². The highest BCUT2D eigenvalue weighted by atomic mass is 16.2. The number of nitrogens with two attached hydrogens (primary N) is 1. The molecule has 0 spiro atoms. The van der Waals surface area contributed by atoms with Gasteiger partial charge in [0, 0.05) is 25.2 Å². The van der Waals surface area contributed by atoms with E-state index in [-0.39, 0.29) is 17.4 Å². The van der Waals surface area contributed by atoms with E-state index in [2.05, 4.69) is 34.7 Å². The Morgan fingerprint density at radius 3 is 2.28 bits per heavy atom. The Bertz CT molecular complexity index is 831. The van der Waals surface area contributed by atoms with Gasteiger partial charge < -0.3 is 26.6 Å². The van der Waals surface area contributed by atoms with Crippen LogP contribution < -0.4 is 21.7 Å². The lowest BCUT2D eigenvalue weighted by Crippen LogP contribution is -2.43. The van der Waals surface area contributed by atoms with E-state index in [1.165, 1.54) is 0 Å². The molecule has 0 heterocycles. The van der Waals surface area contributed by atoms with Crippen LogP contribution >= 0.6 is 0 Å². The fourth-order valence-electron chi connectivity index (χ4n) is 3.06. The molecule has 7 heteroatoms. The number of nitrogen functional groups attached to an aromatic ring is 1. The van der Waals surface area contributed by atoms with Gasteiger partial charge in [-0.15, -0.1) is 0 Å². The third kappa shape index (κ3) is 7.46. The van der Waals surface area contributed by atoms with Crippen molar-refractivity contribution in [1.29, 1.82) is 0 Å². The van der Waals surface area contributed by atoms with Gasteiger partial charge in [0.1, 0.15) is 0 Å². The first-order valence-corrected chi connectivity index (χ1v) is 9.57. The summed E-state index contributed by atoms with van der Waals surface area (Å²) in [6.45, 7) is 6.07. The molecule has 2 aromatic carbocycles. The molecule has 3 amide bonds. The van der Waals surface area contributed by atoms with Gasteiger partial charge in [-0.25, -0.2) is 4.79 Å². The first kappa shape index (κ1) is 22.2. The van der Waals surface area contributed by atoms with Gasteiger partial charge in [-0.3, -0.25) is 4.79 Å². The lowest BCUT2D eigenvalue weighted by molar-refractivity contribution is 0.102.